The lowest BCUT2D eigenvalue weighted by atomic mass is 9.96. The van der Waals surface area contributed by atoms with Crippen LogP contribution in [0.5, 0.6) is 5.75 Å². The van der Waals surface area contributed by atoms with Gasteiger partial charge in [-0.3, -0.25) is 18.9 Å². The number of rotatable bonds is 8. The fourth-order valence-corrected chi connectivity index (χ4v) is 6.45. The van der Waals surface area contributed by atoms with Gasteiger partial charge in [-0.15, -0.1) is 0 Å². The molecule has 1 unspecified atom stereocenters. The summed E-state index contributed by atoms with van der Waals surface area (Å²) in [6.45, 7) is 4.44. The van der Waals surface area contributed by atoms with Gasteiger partial charge in [-0.2, -0.15) is 0 Å². The van der Waals surface area contributed by atoms with E-state index in [1.807, 2.05) is 42.5 Å². The summed E-state index contributed by atoms with van der Waals surface area (Å²) in [7, 11) is 0. The number of unbranched alkanes of at least 4 members (excludes halogenated alkanes) is 2. The van der Waals surface area contributed by atoms with Crippen LogP contribution in [0.1, 0.15) is 49.2 Å². The number of aliphatic hydroxyl groups excluding tert-OH is 1. The van der Waals surface area contributed by atoms with E-state index in [0.29, 0.717) is 50.6 Å². The van der Waals surface area contributed by atoms with Crippen LogP contribution in [0.3, 0.4) is 0 Å². The molecule has 8 nitrogen and oxygen atoms in total. The lowest BCUT2D eigenvalue weighted by molar-refractivity contribution is -0.132. The van der Waals surface area contributed by atoms with Gasteiger partial charge in [0, 0.05) is 11.2 Å². The van der Waals surface area contributed by atoms with E-state index >= 15 is 0 Å². The third kappa shape index (κ3) is 4.85. The smallest absolute Gasteiger partial charge is 0.301 e. The summed E-state index contributed by atoms with van der Waals surface area (Å²) < 4.78 is 8.49. The average Bonchev–Trinajstić information content (AvgIpc) is 3.61. The molecule has 1 fully saturated rings. The molecule has 0 aliphatic carbocycles. The highest BCUT2D eigenvalue weighted by Crippen LogP contribution is 2.45. The molecule has 1 N–H and O–H groups in total. The molecule has 5 aromatic rings. The Balaban J connectivity index is 1.53. The maximum Gasteiger partial charge on any atom is 0.301 e. The number of imidazole rings is 1. The summed E-state index contributed by atoms with van der Waals surface area (Å²) in [6, 6.07) is 17.1. The van der Waals surface area contributed by atoms with Crippen molar-refractivity contribution in [2.75, 3.05) is 11.5 Å². The Morgan fingerprint density at radius 1 is 1.07 bits per heavy atom. The summed E-state index contributed by atoms with van der Waals surface area (Å²) in [6.07, 6.45) is 4.81. The largest absolute Gasteiger partial charge is 0.505 e. The lowest BCUT2D eigenvalue weighted by Gasteiger charge is -2.23. The molecule has 0 bridgehead atoms. The average molecular weight is 587 g/mol. The van der Waals surface area contributed by atoms with Gasteiger partial charge in [-0.1, -0.05) is 60.9 Å². The number of aryl methyl sites for hydroxylation is 1. The molecule has 1 aliphatic rings. The number of pyridine rings is 1. The van der Waals surface area contributed by atoms with Gasteiger partial charge in [0.25, 0.3) is 5.78 Å². The van der Waals surface area contributed by atoms with E-state index < -0.39 is 17.7 Å². The number of aromatic nitrogens is 3. The van der Waals surface area contributed by atoms with Gasteiger partial charge in [-0.05, 0) is 61.4 Å². The second kappa shape index (κ2) is 11.0. The zero-order valence-electron chi connectivity index (χ0n) is 22.5. The molecular weight excluding hydrogens is 560 g/mol. The Bertz CT molecular complexity index is 1840. The van der Waals surface area contributed by atoms with Gasteiger partial charge < -0.3 is 9.84 Å². The van der Waals surface area contributed by atoms with Crippen molar-refractivity contribution in [3.8, 4) is 5.75 Å². The zero-order valence-corrected chi connectivity index (χ0v) is 24.1. The van der Waals surface area contributed by atoms with Crippen molar-refractivity contribution in [1.29, 1.82) is 0 Å². The number of aliphatic hydroxyl groups is 1. The molecular formula is C31H27ClN4O4S. The number of Topliss-reactive ketones (excluding diaryl/α,β-unsaturated/α-hetero) is 1. The molecule has 0 spiro atoms. The van der Waals surface area contributed by atoms with E-state index in [-0.39, 0.29) is 11.3 Å². The standard InChI is InChI=1S/C31H27ClN4O4S/c1-3-4-7-15-40-21-10-8-9-19(16-21)27-25(28(37)26-18(2)33-24-11-5-6-14-35(24)26)29(38)30(39)36(27)31-34-22-13-12-20(32)17-23(22)41-31/h5-6,8-14,16-17,27,37H,3-4,7,15H2,1-2H3. The minimum Gasteiger partial charge on any atom is -0.505 e. The predicted octanol–water partition coefficient (Wildman–Crippen LogP) is 7.10. The van der Waals surface area contributed by atoms with Gasteiger partial charge in [0.05, 0.1) is 34.1 Å². The first-order valence-electron chi connectivity index (χ1n) is 13.4. The second-order valence-electron chi connectivity index (χ2n) is 9.88. The van der Waals surface area contributed by atoms with Gasteiger partial charge in [0.15, 0.2) is 10.9 Å². The number of ketones is 1. The molecule has 10 heteroatoms. The number of hydrogen-bond donors (Lipinski definition) is 1. The van der Waals surface area contributed by atoms with Crippen molar-refractivity contribution >= 4 is 61.4 Å². The second-order valence-corrected chi connectivity index (χ2v) is 11.3. The fraction of sp³-hybridized carbons (Fsp3) is 0.226. The third-order valence-electron chi connectivity index (χ3n) is 7.11. The molecule has 0 radical (unpaired) electrons. The highest BCUT2D eigenvalue weighted by Gasteiger charge is 2.48. The Labute approximate surface area is 245 Å². The van der Waals surface area contributed by atoms with E-state index in [9.17, 15) is 14.7 Å². The maximum atomic E-state index is 13.7. The minimum absolute atomic E-state index is 0.0378. The van der Waals surface area contributed by atoms with E-state index in [4.69, 9.17) is 16.3 Å². The Morgan fingerprint density at radius 2 is 1.93 bits per heavy atom. The summed E-state index contributed by atoms with van der Waals surface area (Å²) in [4.78, 5) is 38.0. The molecule has 0 saturated carbocycles. The van der Waals surface area contributed by atoms with E-state index in [0.717, 1.165) is 24.0 Å². The number of benzene rings is 2. The number of carbonyl (C=O) groups is 2. The van der Waals surface area contributed by atoms with Crippen molar-refractivity contribution in [2.45, 2.75) is 39.2 Å². The molecule has 41 heavy (non-hydrogen) atoms. The number of anilines is 1. The topological polar surface area (TPSA) is 97.0 Å². The SMILES string of the molecule is CCCCCOc1cccc(C2C(=C(O)c3c(C)nc4ccccn34)C(=O)C(=O)N2c2nc3ccc(Cl)cc3s2)c1. The van der Waals surface area contributed by atoms with Crippen molar-refractivity contribution < 1.29 is 19.4 Å². The van der Waals surface area contributed by atoms with E-state index in [1.54, 1.807) is 35.7 Å². The molecule has 6 rings (SSSR count). The van der Waals surface area contributed by atoms with Gasteiger partial charge in [-0.25, -0.2) is 9.97 Å². The first-order chi connectivity index (χ1) is 19.9. The Hall–Kier alpha value is -4.21. The number of ether oxygens (including phenoxy) is 1. The van der Waals surface area contributed by atoms with Crippen molar-refractivity contribution in [1.82, 2.24) is 14.4 Å². The van der Waals surface area contributed by atoms with Crippen LogP contribution in [-0.4, -0.2) is 37.8 Å². The van der Waals surface area contributed by atoms with Crippen LogP contribution in [0.25, 0.3) is 21.6 Å². The summed E-state index contributed by atoms with van der Waals surface area (Å²) in [5.74, 6) is -1.26. The number of nitrogens with zero attached hydrogens (tertiary/aromatic N) is 4. The predicted molar refractivity (Wildman–Crippen MR) is 161 cm³/mol. The highest BCUT2D eigenvalue weighted by molar-refractivity contribution is 7.22. The van der Waals surface area contributed by atoms with Crippen molar-refractivity contribution in [2.24, 2.45) is 0 Å². The van der Waals surface area contributed by atoms with Crippen LogP contribution in [0.4, 0.5) is 5.13 Å². The van der Waals surface area contributed by atoms with Crippen molar-refractivity contribution in [3.05, 3.63) is 94.4 Å². The van der Waals surface area contributed by atoms with Crippen LogP contribution in [-0.2, 0) is 9.59 Å². The summed E-state index contributed by atoms with van der Waals surface area (Å²) in [5, 5.41) is 12.6. The number of fused-ring (bicyclic) bond motifs is 2. The highest BCUT2D eigenvalue weighted by atomic mass is 35.5. The quantitative estimate of drug-likeness (QED) is 0.0901. The summed E-state index contributed by atoms with van der Waals surface area (Å²) >= 11 is 7.47. The molecule has 1 saturated heterocycles. The number of hydrogen-bond acceptors (Lipinski definition) is 7. The molecule has 208 valence electrons. The van der Waals surface area contributed by atoms with E-state index in [1.165, 1.54) is 16.2 Å². The number of amides is 1. The molecule has 1 amide bonds. The van der Waals surface area contributed by atoms with E-state index in [2.05, 4.69) is 16.9 Å². The number of thiazole rings is 1. The normalized spacial score (nSPS) is 16.8. The van der Waals surface area contributed by atoms with Crippen LogP contribution < -0.4 is 9.64 Å². The Kier molecular flexibility index (Phi) is 7.23. The van der Waals surface area contributed by atoms with Crippen LogP contribution >= 0.6 is 22.9 Å². The molecule has 1 aliphatic heterocycles. The van der Waals surface area contributed by atoms with Gasteiger partial charge in [0.2, 0.25) is 0 Å². The number of halogens is 1. The Morgan fingerprint density at radius 3 is 2.76 bits per heavy atom. The molecule has 3 aromatic heterocycles. The summed E-state index contributed by atoms with van der Waals surface area (Å²) in [5.41, 5.74) is 2.73. The fourth-order valence-electron chi connectivity index (χ4n) is 5.18. The minimum atomic E-state index is -0.945. The first-order valence-corrected chi connectivity index (χ1v) is 14.6. The monoisotopic (exact) mass is 586 g/mol. The molecule has 1 atom stereocenters. The zero-order chi connectivity index (χ0) is 28.7. The molecule has 4 heterocycles. The van der Waals surface area contributed by atoms with Crippen LogP contribution in [0.15, 0.2) is 72.4 Å². The van der Waals surface area contributed by atoms with Crippen LogP contribution in [0, 0.1) is 6.92 Å². The maximum absolute atomic E-state index is 13.7. The van der Waals surface area contributed by atoms with Crippen molar-refractivity contribution in [3.63, 3.8) is 0 Å². The van der Waals surface area contributed by atoms with Gasteiger partial charge >= 0.3 is 5.91 Å². The third-order valence-corrected chi connectivity index (χ3v) is 8.36. The van der Waals surface area contributed by atoms with Gasteiger partial charge in [0.1, 0.15) is 17.1 Å². The van der Waals surface area contributed by atoms with Crippen LogP contribution in [0.2, 0.25) is 5.02 Å². The molecule has 2 aromatic carbocycles. The lowest BCUT2D eigenvalue weighted by Crippen LogP contribution is -2.29. The number of carbonyl (C=O) groups excluding carboxylic acids is 2. The first kappa shape index (κ1) is 27.0.